The molecule has 5 rings (SSSR count). The van der Waals surface area contributed by atoms with Crippen LogP contribution in [0.2, 0.25) is 0 Å². The van der Waals surface area contributed by atoms with Crippen molar-refractivity contribution in [2.45, 2.75) is 31.9 Å². The number of carbonyl (C=O) groups excluding carboxylic acids is 2. The third-order valence-electron chi connectivity index (χ3n) is 6.40. The van der Waals surface area contributed by atoms with E-state index < -0.39 is 0 Å². The summed E-state index contributed by atoms with van der Waals surface area (Å²) in [5.41, 5.74) is 4.32. The van der Waals surface area contributed by atoms with Crippen LogP contribution in [0.15, 0.2) is 42.6 Å². The van der Waals surface area contributed by atoms with Crippen molar-refractivity contribution >= 4 is 29.1 Å². The van der Waals surface area contributed by atoms with Crippen LogP contribution in [0.5, 0.6) is 5.75 Å². The summed E-state index contributed by atoms with van der Waals surface area (Å²) in [7, 11) is 1.68. The predicted octanol–water partition coefficient (Wildman–Crippen LogP) is 3.56. The van der Waals surface area contributed by atoms with Crippen molar-refractivity contribution in [1.29, 1.82) is 0 Å². The molecule has 34 heavy (non-hydrogen) atoms. The maximum atomic E-state index is 14.4. The molecule has 2 aromatic carbocycles. The average molecular weight is 467 g/mol. The van der Waals surface area contributed by atoms with E-state index in [1.54, 1.807) is 18.0 Å². The number of carbonyl (C=O) groups is 2. The third-order valence-corrected chi connectivity index (χ3v) is 6.40. The summed E-state index contributed by atoms with van der Waals surface area (Å²) in [6.45, 7) is 5.73. The summed E-state index contributed by atoms with van der Waals surface area (Å²) >= 11 is 0. The minimum atomic E-state index is -0.372. The molecule has 9 heteroatoms. The SMILES string of the molecule is C=C1COc2ccc(N3CC(CCCNCc4c(F)ccc5c4N(C)C(=O)C5)OC3=O)cc2N1. The number of fused-ring (bicyclic) bond motifs is 2. The van der Waals surface area contributed by atoms with Gasteiger partial charge in [0.2, 0.25) is 5.91 Å². The number of nitrogens with one attached hydrogen (secondary N) is 2. The van der Waals surface area contributed by atoms with Crippen molar-refractivity contribution in [3.05, 3.63) is 59.6 Å². The Bertz CT molecular complexity index is 1170. The summed E-state index contributed by atoms with van der Waals surface area (Å²) in [6, 6.07) is 8.64. The highest BCUT2D eigenvalue weighted by Gasteiger charge is 2.33. The molecule has 2 amide bonds. The summed E-state index contributed by atoms with van der Waals surface area (Å²) in [6.07, 6.45) is 1.17. The molecule has 0 radical (unpaired) electrons. The van der Waals surface area contributed by atoms with Crippen molar-refractivity contribution in [3.63, 3.8) is 0 Å². The number of anilines is 3. The van der Waals surface area contributed by atoms with Crippen LogP contribution in [0.1, 0.15) is 24.0 Å². The fraction of sp³-hybridized carbons (Fsp3) is 0.360. The van der Waals surface area contributed by atoms with E-state index in [9.17, 15) is 14.0 Å². The van der Waals surface area contributed by atoms with Gasteiger partial charge in [-0.15, -0.1) is 0 Å². The first kappa shape index (κ1) is 22.2. The molecule has 3 heterocycles. The van der Waals surface area contributed by atoms with Gasteiger partial charge in [-0.05, 0) is 49.2 Å². The van der Waals surface area contributed by atoms with Gasteiger partial charge in [-0.2, -0.15) is 0 Å². The second-order valence-corrected chi connectivity index (χ2v) is 8.80. The van der Waals surface area contributed by atoms with Gasteiger partial charge >= 0.3 is 6.09 Å². The Morgan fingerprint density at radius 1 is 1.26 bits per heavy atom. The van der Waals surface area contributed by atoms with Gasteiger partial charge in [0.15, 0.2) is 0 Å². The van der Waals surface area contributed by atoms with E-state index >= 15 is 0 Å². The summed E-state index contributed by atoms with van der Waals surface area (Å²) in [5, 5.41) is 6.44. The molecule has 1 unspecified atom stereocenters. The lowest BCUT2D eigenvalue weighted by molar-refractivity contribution is -0.117. The van der Waals surface area contributed by atoms with Crippen LogP contribution in [0, 0.1) is 5.82 Å². The highest BCUT2D eigenvalue weighted by atomic mass is 19.1. The Hall–Kier alpha value is -3.59. The van der Waals surface area contributed by atoms with Gasteiger partial charge in [0, 0.05) is 30.5 Å². The highest BCUT2D eigenvalue weighted by Crippen LogP contribution is 2.35. The number of rotatable bonds is 7. The lowest BCUT2D eigenvalue weighted by atomic mass is 10.1. The predicted molar refractivity (Wildman–Crippen MR) is 127 cm³/mol. The van der Waals surface area contributed by atoms with Gasteiger partial charge in [-0.25, -0.2) is 9.18 Å². The van der Waals surface area contributed by atoms with Crippen molar-refractivity contribution in [3.8, 4) is 5.75 Å². The van der Waals surface area contributed by atoms with Crippen LogP contribution in [-0.2, 0) is 22.5 Å². The van der Waals surface area contributed by atoms with Gasteiger partial charge in [-0.3, -0.25) is 9.69 Å². The number of halogens is 1. The molecule has 1 fully saturated rings. The normalized spacial score (nSPS) is 19.0. The second-order valence-electron chi connectivity index (χ2n) is 8.80. The van der Waals surface area contributed by atoms with E-state index in [1.807, 2.05) is 18.2 Å². The molecule has 0 aliphatic carbocycles. The molecular formula is C25H27FN4O4. The maximum absolute atomic E-state index is 14.4. The van der Waals surface area contributed by atoms with E-state index in [-0.39, 0.29) is 23.9 Å². The number of hydrogen-bond donors (Lipinski definition) is 2. The number of benzene rings is 2. The number of hydrogen-bond acceptors (Lipinski definition) is 6. The van der Waals surface area contributed by atoms with Gasteiger partial charge in [0.05, 0.1) is 24.3 Å². The Labute approximate surface area is 197 Å². The fourth-order valence-corrected chi connectivity index (χ4v) is 4.65. The number of nitrogens with zero attached hydrogens (tertiary/aromatic N) is 2. The quantitative estimate of drug-likeness (QED) is 0.608. The van der Waals surface area contributed by atoms with Gasteiger partial charge in [-0.1, -0.05) is 12.6 Å². The second kappa shape index (κ2) is 8.98. The molecule has 3 aliphatic rings. The number of cyclic esters (lactones) is 1. The van der Waals surface area contributed by atoms with Crippen molar-refractivity contribution in [2.24, 2.45) is 0 Å². The van der Waals surface area contributed by atoms with Crippen molar-refractivity contribution in [2.75, 3.05) is 41.9 Å². The Balaban J connectivity index is 1.12. The topological polar surface area (TPSA) is 83.1 Å². The Kier molecular flexibility index (Phi) is 5.87. The first-order valence-corrected chi connectivity index (χ1v) is 11.4. The lowest BCUT2D eigenvalue weighted by Gasteiger charge is -2.23. The molecule has 2 aromatic rings. The zero-order chi connectivity index (χ0) is 23.8. The Morgan fingerprint density at radius 2 is 2.12 bits per heavy atom. The van der Waals surface area contributed by atoms with Crippen LogP contribution in [-0.4, -0.2) is 44.8 Å². The van der Waals surface area contributed by atoms with Crippen LogP contribution in [0.4, 0.5) is 26.2 Å². The third kappa shape index (κ3) is 4.19. The first-order chi connectivity index (χ1) is 16.4. The molecule has 2 N–H and O–H groups in total. The van der Waals surface area contributed by atoms with Gasteiger partial charge < -0.3 is 25.0 Å². The zero-order valence-electron chi connectivity index (χ0n) is 19.0. The van der Waals surface area contributed by atoms with Crippen LogP contribution < -0.4 is 25.2 Å². The first-order valence-electron chi connectivity index (χ1n) is 11.4. The summed E-state index contributed by atoms with van der Waals surface area (Å²) in [5.74, 6) is 0.380. The fourth-order valence-electron chi connectivity index (χ4n) is 4.65. The smallest absolute Gasteiger partial charge is 0.414 e. The van der Waals surface area contributed by atoms with Gasteiger partial charge in [0.1, 0.15) is 24.3 Å². The molecule has 1 atom stereocenters. The van der Waals surface area contributed by atoms with Crippen LogP contribution in [0.25, 0.3) is 0 Å². The zero-order valence-corrected chi connectivity index (χ0v) is 19.0. The Morgan fingerprint density at radius 3 is 2.97 bits per heavy atom. The van der Waals surface area contributed by atoms with Crippen LogP contribution in [0.3, 0.4) is 0 Å². The molecule has 8 nitrogen and oxygen atoms in total. The highest BCUT2D eigenvalue weighted by molar-refractivity contribution is 6.01. The van der Waals surface area contributed by atoms with Crippen LogP contribution >= 0.6 is 0 Å². The number of ether oxygens (including phenoxy) is 2. The molecule has 3 aliphatic heterocycles. The van der Waals surface area contributed by atoms with E-state index in [4.69, 9.17) is 9.47 Å². The number of likely N-dealkylation sites (N-methyl/N-ethyl adjacent to an activating group) is 1. The minimum absolute atomic E-state index is 0.0263. The molecule has 178 valence electrons. The lowest BCUT2D eigenvalue weighted by Crippen LogP contribution is -2.25. The van der Waals surface area contributed by atoms with Gasteiger partial charge in [0.25, 0.3) is 0 Å². The maximum Gasteiger partial charge on any atom is 0.414 e. The molecule has 0 aromatic heterocycles. The van der Waals surface area contributed by atoms with E-state index in [2.05, 4.69) is 17.2 Å². The molecule has 0 bridgehead atoms. The number of amides is 2. The van der Waals surface area contributed by atoms with Crippen molar-refractivity contribution in [1.82, 2.24) is 5.32 Å². The molecule has 0 saturated carbocycles. The minimum Gasteiger partial charge on any atom is -0.485 e. The standard InChI is InChI=1S/C25H27FN4O4/c1-15-14-33-22-8-6-17(11-21(22)28-15)30-13-18(34-25(30)32)4-3-9-27-12-19-20(26)7-5-16-10-23(31)29(2)24(16)19/h5-8,11,18,27-28H,1,3-4,9-10,12-14H2,2H3. The summed E-state index contributed by atoms with van der Waals surface area (Å²) < 4.78 is 25.6. The molecule has 0 spiro atoms. The summed E-state index contributed by atoms with van der Waals surface area (Å²) in [4.78, 5) is 27.6. The average Bonchev–Trinajstić information content (AvgIpc) is 3.33. The van der Waals surface area contributed by atoms with E-state index in [0.717, 1.165) is 34.8 Å². The monoisotopic (exact) mass is 466 g/mol. The van der Waals surface area contributed by atoms with E-state index in [1.165, 1.54) is 11.0 Å². The van der Waals surface area contributed by atoms with Crippen molar-refractivity contribution < 1.29 is 23.5 Å². The molecule has 1 saturated heterocycles. The largest absolute Gasteiger partial charge is 0.485 e. The van der Waals surface area contributed by atoms with E-state index in [0.29, 0.717) is 50.3 Å². The molecular weight excluding hydrogens is 439 g/mol.